The number of nitrogens with zero attached hydrogens (tertiary/aromatic N) is 3. The molecule has 7 heteroatoms. The molecule has 0 saturated heterocycles. The lowest BCUT2D eigenvalue weighted by Crippen LogP contribution is -2.36. The first-order valence-electron chi connectivity index (χ1n) is 8.58. The standard InChI is InChI=1S/C20H19N3O3S/c1-25-17-8-13-5-7-23(11-15(13)9-18(17)26-2)20(24)16-12-27-19(22-16)14-4-3-6-21-10-14/h3-4,6,8-10,12H,5,7,11H2,1-2H3. The lowest BCUT2D eigenvalue weighted by atomic mass is 9.98. The summed E-state index contributed by atoms with van der Waals surface area (Å²) < 4.78 is 10.8. The van der Waals surface area contributed by atoms with E-state index < -0.39 is 0 Å². The Morgan fingerprint density at radius 2 is 1.96 bits per heavy atom. The molecule has 0 aliphatic carbocycles. The number of hydrogen-bond donors (Lipinski definition) is 0. The Kier molecular flexibility index (Phi) is 4.77. The van der Waals surface area contributed by atoms with E-state index in [2.05, 4.69) is 9.97 Å². The molecule has 1 aliphatic heterocycles. The van der Waals surface area contributed by atoms with E-state index in [9.17, 15) is 4.79 Å². The monoisotopic (exact) mass is 381 g/mol. The fraction of sp³-hybridized carbons (Fsp3) is 0.250. The number of pyridine rings is 1. The summed E-state index contributed by atoms with van der Waals surface area (Å²) in [6, 6.07) is 7.76. The first-order valence-corrected chi connectivity index (χ1v) is 9.46. The van der Waals surface area contributed by atoms with Crippen LogP contribution < -0.4 is 9.47 Å². The highest BCUT2D eigenvalue weighted by Crippen LogP contribution is 2.33. The van der Waals surface area contributed by atoms with Gasteiger partial charge < -0.3 is 14.4 Å². The van der Waals surface area contributed by atoms with Gasteiger partial charge in [-0.1, -0.05) is 0 Å². The van der Waals surface area contributed by atoms with Crippen LogP contribution in [0.2, 0.25) is 0 Å². The third-order valence-corrected chi connectivity index (χ3v) is 5.53. The van der Waals surface area contributed by atoms with Gasteiger partial charge in [-0.15, -0.1) is 11.3 Å². The summed E-state index contributed by atoms with van der Waals surface area (Å²) in [4.78, 5) is 23.4. The van der Waals surface area contributed by atoms with Crippen LogP contribution in [0.1, 0.15) is 21.6 Å². The van der Waals surface area contributed by atoms with Crippen molar-refractivity contribution < 1.29 is 14.3 Å². The zero-order chi connectivity index (χ0) is 18.8. The topological polar surface area (TPSA) is 64.6 Å². The number of thiazole rings is 1. The molecule has 0 saturated carbocycles. The molecule has 27 heavy (non-hydrogen) atoms. The van der Waals surface area contributed by atoms with Crippen LogP contribution in [-0.2, 0) is 13.0 Å². The Bertz CT molecular complexity index is 972. The first-order chi connectivity index (χ1) is 13.2. The Morgan fingerprint density at radius 1 is 1.19 bits per heavy atom. The summed E-state index contributed by atoms with van der Waals surface area (Å²) in [5.74, 6) is 1.34. The molecule has 0 fully saturated rings. The predicted octanol–water partition coefficient (Wildman–Crippen LogP) is 3.42. The Hall–Kier alpha value is -2.93. The number of amides is 1. The second kappa shape index (κ2) is 7.36. The number of ether oxygens (including phenoxy) is 2. The molecule has 0 unspecified atom stereocenters. The van der Waals surface area contributed by atoms with E-state index in [4.69, 9.17) is 9.47 Å². The lowest BCUT2D eigenvalue weighted by Gasteiger charge is -2.29. The molecule has 0 atom stereocenters. The quantitative estimate of drug-likeness (QED) is 0.693. The van der Waals surface area contributed by atoms with Gasteiger partial charge in [-0.2, -0.15) is 0 Å². The van der Waals surface area contributed by atoms with Crippen molar-refractivity contribution in [2.75, 3.05) is 20.8 Å². The van der Waals surface area contributed by atoms with Crippen LogP contribution >= 0.6 is 11.3 Å². The van der Waals surface area contributed by atoms with Crippen molar-refractivity contribution >= 4 is 17.2 Å². The molecule has 4 rings (SSSR count). The summed E-state index contributed by atoms with van der Waals surface area (Å²) in [6.07, 6.45) is 4.25. The number of benzene rings is 1. The minimum atomic E-state index is -0.0539. The second-order valence-electron chi connectivity index (χ2n) is 6.23. The van der Waals surface area contributed by atoms with Gasteiger partial charge in [0.15, 0.2) is 11.5 Å². The molecule has 3 aromatic rings. The summed E-state index contributed by atoms with van der Waals surface area (Å²) in [5, 5.41) is 2.62. The minimum absolute atomic E-state index is 0.0539. The van der Waals surface area contributed by atoms with Gasteiger partial charge in [0.1, 0.15) is 10.7 Å². The number of rotatable bonds is 4. The van der Waals surface area contributed by atoms with Crippen LogP contribution in [0.15, 0.2) is 42.0 Å². The van der Waals surface area contributed by atoms with E-state index in [1.165, 1.54) is 16.9 Å². The number of hydrogen-bond acceptors (Lipinski definition) is 6. The molecule has 0 spiro atoms. The number of methoxy groups -OCH3 is 2. The summed E-state index contributed by atoms with van der Waals surface area (Å²) in [5.41, 5.74) is 3.66. The molecular formula is C20H19N3O3S. The van der Waals surface area contributed by atoms with Crippen LogP contribution in [0.3, 0.4) is 0 Å². The zero-order valence-electron chi connectivity index (χ0n) is 15.1. The highest BCUT2D eigenvalue weighted by Gasteiger charge is 2.25. The van der Waals surface area contributed by atoms with Gasteiger partial charge in [0.25, 0.3) is 5.91 Å². The molecule has 3 heterocycles. The van der Waals surface area contributed by atoms with Crippen molar-refractivity contribution in [3.05, 3.63) is 58.9 Å². The summed E-state index contributed by atoms with van der Waals surface area (Å²) in [7, 11) is 3.25. The van der Waals surface area contributed by atoms with E-state index in [1.54, 1.807) is 26.6 Å². The highest BCUT2D eigenvalue weighted by molar-refractivity contribution is 7.13. The van der Waals surface area contributed by atoms with Crippen LogP contribution in [0.4, 0.5) is 0 Å². The van der Waals surface area contributed by atoms with E-state index in [1.807, 2.05) is 34.5 Å². The molecule has 6 nitrogen and oxygen atoms in total. The second-order valence-corrected chi connectivity index (χ2v) is 7.09. The van der Waals surface area contributed by atoms with Crippen molar-refractivity contribution in [1.82, 2.24) is 14.9 Å². The van der Waals surface area contributed by atoms with Gasteiger partial charge in [0.05, 0.1) is 14.2 Å². The molecule has 1 amide bonds. The number of carbonyl (C=O) groups is 1. The van der Waals surface area contributed by atoms with Gasteiger partial charge in [-0.05, 0) is 41.8 Å². The average Bonchev–Trinajstić information content (AvgIpc) is 3.22. The fourth-order valence-corrected chi connectivity index (χ4v) is 4.00. The van der Waals surface area contributed by atoms with E-state index >= 15 is 0 Å². The van der Waals surface area contributed by atoms with E-state index in [0.717, 1.165) is 28.3 Å². The molecule has 138 valence electrons. The molecule has 2 aromatic heterocycles. The maximum Gasteiger partial charge on any atom is 0.273 e. The van der Waals surface area contributed by atoms with E-state index in [0.29, 0.717) is 24.5 Å². The Labute approximate surface area is 161 Å². The lowest BCUT2D eigenvalue weighted by molar-refractivity contribution is 0.0729. The maximum atomic E-state index is 12.9. The SMILES string of the molecule is COc1cc2c(cc1OC)CN(C(=O)c1csc(-c3cccnc3)n1)CC2. The van der Waals surface area contributed by atoms with Crippen LogP contribution in [0.5, 0.6) is 11.5 Å². The van der Waals surface area contributed by atoms with Gasteiger partial charge >= 0.3 is 0 Å². The molecule has 1 aliphatic rings. The van der Waals surface area contributed by atoms with Crippen molar-refractivity contribution in [1.29, 1.82) is 0 Å². The molecular weight excluding hydrogens is 362 g/mol. The van der Waals surface area contributed by atoms with Crippen molar-refractivity contribution in [2.45, 2.75) is 13.0 Å². The van der Waals surface area contributed by atoms with Crippen LogP contribution in [0, 0.1) is 0 Å². The molecule has 0 N–H and O–H groups in total. The van der Waals surface area contributed by atoms with Crippen LogP contribution in [0.25, 0.3) is 10.6 Å². The largest absolute Gasteiger partial charge is 0.493 e. The molecule has 0 radical (unpaired) electrons. The fourth-order valence-electron chi connectivity index (χ4n) is 3.21. The van der Waals surface area contributed by atoms with Gasteiger partial charge in [0.2, 0.25) is 0 Å². The Balaban J connectivity index is 1.55. The van der Waals surface area contributed by atoms with Gasteiger partial charge in [-0.3, -0.25) is 9.78 Å². The van der Waals surface area contributed by atoms with Crippen LogP contribution in [-0.4, -0.2) is 41.5 Å². The van der Waals surface area contributed by atoms with Gasteiger partial charge in [0, 0.05) is 36.4 Å². The maximum absolute atomic E-state index is 12.9. The number of aromatic nitrogens is 2. The van der Waals surface area contributed by atoms with Gasteiger partial charge in [-0.25, -0.2) is 4.98 Å². The first kappa shape index (κ1) is 17.5. The van der Waals surface area contributed by atoms with Crippen molar-refractivity contribution in [3.63, 3.8) is 0 Å². The molecule has 0 bridgehead atoms. The third kappa shape index (κ3) is 3.38. The van der Waals surface area contributed by atoms with Crippen molar-refractivity contribution in [3.8, 4) is 22.1 Å². The van der Waals surface area contributed by atoms with Crippen molar-refractivity contribution in [2.24, 2.45) is 0 Å². The average molecular weight is 381 g/mol. The minimum Gasteiger partial charge on any atom is -0.493 e. The smallest absolute Gasteiger partial charge is 0.273 e. The Morgan fingerprint density at radius 3 is 2.67 bits per heavy atom. The summed E-state index contributed by atoms with van der Waals surface area (Å²) in [6.45, 7) is 1.19. The normalized spacial score (nSPS) is 13.2. The molecule has 1 aromatic carbocycles. The highest BCUT2D eigenvalue weighted by atomic mass is 32.1. The van der Waals surface area contributed by atoms with E-state index in [-0.39, 0.29) is 5.91 Å². The third-order valence-electron chi connectivity index (χ3n) is 4.64. The number of carbonyl (C=O) groups excluding carboxylic acids is 1. The number of fused-ring (bicyclic) bond motifs is 1. The zero-order valence-corrected chi connectivity index (χ0v) is 16.0. The summed E-state index contributed by atoms with van der Waals surface area (Å²) >= 11 is 1.46. The predicted molar refractivity (Wildman–Crippen MR) is 103 cm³/mol.